The van der Waals surface area contributed by atoms with Crippen LogP contribution in [-0.4, -0.2) is 60.6 Å². The molecule has 0 aliphatic rings. The Balaban J connectivity index is 2.54. The second-order valence-electron chi connectivity index (χ2n) is 6.38. The molecule has 140 valence electrons. The van der Waals surface area contributed by atoms with Gasteiger partial charge in [0.15, 0.2) is 0 Å². The molecular formula is C18H27NO6. The minimum Gasteiger partial charge on any atom is -0.459 e. The van der Waals surface area contributed by atoms with Gasteiger partial charge in [0.25, 0.3) is 0 Å². The van der Waals surface area contributed by atoms with Gasteiger partial charge in [-0.1, -0.05) is 30.3 Å². The molecule has 1 aromatic rings. The van der Waals surface area contributed by atoms with E-state index in [0.29, 0.717) is 0 Å². The van der Waals surface area contributed by atoms with Crippen molar-refractivity contribution < 1.29 is 28.9 Å². The summed E-state index contributed by atoms with van der Waals surface area (Å²) in [7, 11) is 0. The van der Waals surface area contributed by atoms with Crippen LogP contribution in [0.25, 0.3) is 0 Å². The number of hydrogen-bond donors (Lipinski definition) is 1. The first-order chi connectivity index (χ1) is 11.8. The number of carbonyl (C=O) groups is 2. The molecule has 0 saturated carbocycles. The van der Waals surface area contributed by atoms with Crippen LogP contribution in [0.1, 0.15) is 26.3 Å². The highest BCUT2D eigenvalue weighted by molar-refractivity contribution is 5.78. The minimum atomic E-state index is -0.671. The number of carbonyl (C=O) groups excluding carboxylic acids is 2. The Hall–Kier alpha value is -2.12. The van der Waals surface area contributed by atoms with Crippen LogP contribution < -0.4 is 0 Å². The van der Waals surface area contributed by atoms with Gasteiger partial charge in [0, 0.05) is 6.54 Å². The highest BCUT2D eigenvalue weighted by atomic mass is 16.6. The first kappa shape index (κ1) is 20.9. The summed E-state index contributed by atoms with van der Waals surface area (Å²) in [5.74, 6) is -0.531. The highest BCUT2D eigenvalue weighted by Gasteiger charge is 2.24. The van der Waals surface area contributed by atoms with E-state index in [9.17, 15) is 9.59 Å². The van der Waals surface area contributed by atoms with E-state index in [1.807, 2.05) is 30.3 Å². The number of aliphatic hydroxyl groups is 1. The van der Waals surface area contributed by atoms with Crippen LogP contribution in [0, 0.1) is 0 Å². The van der Waals surface area contributed by atoms with E-state index in [2.05, 4.69) is 0 Å². The maximum atomic E-state index is 12.2. The molecule has 0 atom stereocenters. The number of hydrogen-bond acceptors (Lipinski definition) is 6. The van der Waals surface area contributed by atoms with Crippen molar-refractivity contribution in [2.75, 3.05) is 32.9 Å². The molecule has 0 aromatic heterocycles. The van der Waals surface area contributed by atoms with E-state index < -0.39 is 17.7 Å². The summed E-state index contributed by atoms with van der Waals surface area (Å²) < 4.78 is 15.6. The van der Waals surface area contributed by atoms with Gasteiger partial charge in [0.1, 0.15) is 18.8 Å². The van der Waals surface area contributed by atoms with Crippen LogP contribution >= 0.6 is 0 Å². The number of esters is 1. The van der Waals surface area contributed by atoms with Crippen molar-refractivity contribution in [3.8, 4) is 0 Å². The molecule has 0 aliphatic carbocycles. The summed E-state index contributed by atoms with van der Waals surface area (Å²) in [4.78, 5) is 25.5. The van der Waals surface area contributed by atoms with Gasteiger partial charge in [0.05, 0.1) is 19.8 Å². The quantitative estimate of drug-likeness (QED) is 0.540. The fourth-order valence-corrected chi connectivity index (χ4v) is 1.84. The van der Waals surface area contributed by atoms with Crippen molar-refractivity contribution in [1.82, 2.24) is 4.90 Å². The lowest BCUT2D eigenvalue weighted by Crippen LogP contribution is -2.42. The van der Waals surface area contributed by atoms with Gasteiger partial charge in [-0.25, -0.2) is 4.79 Å². The van der Waals surface area contributed by atoms with Gasteiger partial charge in [-0.3, -0.25) is 9.69 Å². The maximum Gasteiger partial charge on any atom is 0.410 e. The fraction of sp³-hybridized carbons (Fsp3) is 0.556. The Bertz CT molecular complexity index is 526. The Kier molecular flexibility index (Phi) is 8.94. The lowest BCUT2D eigenvalue weighted by molar-refractivity contribution is -0.146. The van der Waals surface area contributed by atoms with E-state index in [4.69, 9.17) is 19.3 Å². The van der Waals surface area contributed by atoms with Crippen molar-refractivity contribution in [2.45, 2.75) is 33.0 Å². The minimum absolute atomic E-state index is 0.106. The molecule has 0 saturated heterocycles. The SMILES string of the molecule is CC(C)(C)OC(=O)N(CCOCCO)CC(=O)OCc1ccccc1. The first-order valence-corrected chi connectivity index (χ1v) is 8.18. The zero-order valence-electron chi connectivity index (χ0n) is 15.1. The van der Waals surface area contributed by atoms with Gasteiger partial charge in [0.2, 0.25) is 0 Å². The average molecular weight is 353 g/mol. The molecule has 25 heavy (non-hydrogen) atoms. The molecule has 0 fully saturated rings. The largest absolute Gasteiger partial charge is 0.459 e. The van der Waals surface area contributed by atoms with E-state index in [0.717, 1.165) is 5.56 Å². The van der Waals surface area contributed by atoms with E-state index in [-0.39, 0.29) is 39.5 Å². The number of nitrogens with zero attached hydrogens (tertiary/aromatic N) is 1. The van der Waals surface area contributed by atoms with Crippen LogP contribution in [0.5, 0.6) is 0 Å². The van der Waals surface area contributed by atoms with Crippen molar-refractivity contribution >= 4 is 12.1 Å². The van der Waals surface area contributed by atoms with Gasteiger partial charge < -0.3 is 19.3 Å². The Morgan fingerprint density at radius 1 is 1.12 bits per heavy atom. The molecule has 0 bridgehead atoms. The molecule has 1 rings (SSSR count). The van der Waals surface area contributed by atoms with Crippen LogP contribution in [0.3, 0.4) is 0 Å². The maximum absolute atomic E-state index is 12.2. The molecular weight excluding hydrogens is 326 g/mol. The molecule has 7 nitrogen and oxygen atoms in total. The molecule has 1 N–H and O–H groups in total. The molecule has 0 radical (unpaired) electrons. The van der Waals surface area contributed by atoms with E-state index in [1.54, 1.807) is 20.8 Å². The van der Waals surface area contributed by atoms with E-state index in [1.165, 1.54) is 4.90 Å². The van der Waals surface area contributed by atoms with Crippen molar-refractivity contribution in [3.63, 3.8) is 0 Å². The smallest absolute Gasteiger partial charge is 0.410 e. The third-order valence-electron chi connectivity index (χ3n) is 2.96. The number of ether oxygens (including phenoxy) is 3. The first-order valence-electron chi connectivity index (χ1n) is 8.18. The Labute approximate surface area is 148 Å². The van der Waals surface area contributed by atoms with Crippen molar-refractivity contribution in [1.29, 1.82) is 0 Å². The van der Waals surface area contributed by atoms with Crippen LogP contribution in [0.2, 0.25) is 0 Å². The van der Waals surface area contributed by atoms with Gasteiger partial charge in [-0.05, 0) is 26.3 Å². The summed E-state index contributed by atoms with van der Waals surface area (Å²) in [6, 6.07) is 9.29. The van der Waals surface area contributed by atoms with Gasteiger partial charge in [-0.2, -0.15) is 0 Å². The zero-order valence-corrected chi connectivity index (χ0v) is 15.1. The lowest BCUT2D eigenvalue weighted by atomic mass is 10.2. The molecule has 1 amide bonds. The predicted octanol–water partition coefficient (Wildman–Crippen LogP) is 1.98. The van der Waals surface area contributed by atoms with Crippen LogP contribution in [-0.2, 0) is 25.6 Å². The third-order valence-corrected chi connectivity index (χ3v) is 2.96. The Morgan fingerprint density at radius 2 is 1.80 bits per heavy atom. The molecule has 0 aliphatic heterocycles. The fourth-order valence-electron chi connectivity index (χ4n) is 1.84. The number of aliphatic hydroxyl groups excluding tert-OH is 1. The summed E-state index contributed by atoms with van der Waals surface area (Å²) in [5.41, 5.74) is 0.195. The lowest BCUT2D eigenvalue weighted by Gasteiger charge is -2.26. The normalized spacial score (nSPS) is 11.0. The average Bonchev–Trinajstić information content (AvgIpc) is 2.55. The second-order valence-corrected chi connectivity index (χ2v) is 6.38. The van der Waals surface area contributed by atoms with Gasteiger partial charge in [-0.15, -0.1) is 0 Å². The summed E-state index contributed by atoms with van der Waals surface area (Å²) in [6.45, 7) is 5.57. The number of benzene rings is 1. The van der Waals surface area contributed by atoms with E-state index >= 15 is 0 Å². The topological polar surface area (TPSA) is 85.3 Å². The summed E-state index contributed by atoms with van der Waals surface area (Å²) >= 11 is 0. The zero-order chi connectivity index (χ0) is 18.7. The molecule has 0 unspecified atom stereocenters. The number of amides is 1. The number of rotatable bonds is 9. The Morgan fingerprint density at radius 3 is 2.40 bits per heavy atom. The predicted molar refractivity (Wildman–Crippen MR) is 91.9 cm³/mol. The molecule has 1 aromatic carbocycles. The molecule has 0 spiro atoms. The van der Waals surface area contributed by atoms with Crippen molar-refractivity contribution in [3.05, 3.63) is 35.9 Å². The van der Waals surface area contributed by atoms with Crippen LogP contribution in [0.15, 0.2) is 30.3 Å². The standard InChI is InChI=1S/C18H27NO6/c1-18(2,3)25-17(22)19(9-11-23-12-10-20)13-16(21)24-14-15-7-5-4-6-8-15/h4-8,20H,9-14H2,1-3H3. The van der Waals surface area contributed by atoms with Crippen molar-refractivity contribution in [2.24, 2.45) is 0 Å². The molecule has 0 heterocycles. The summed E-state index contributed by atoms with van der Waals surface area (Å²) in [6.07, 6.45) is -0.614. The third kappa shape index (κ3) is 9.69. The van der Waals surface area contributed by atoms with Crippen LogP contribution in [0.4, 0.5) is 4.79 Å². The highest BCUT2D eigenvalue weighted by Crippen LogP contribution is 2.10. The summed E-state index contributed by atoms with van der Waals surface area (Å²) in [5, 5.41) is 8.71. The second kappa shape index (κ2) is 10.7. The monoisotopic (exact) mass is 353 g/mol. The molecule has 7 heteroatoms. The van der Waals surface area contributed by atoms with Gasteiger partial charge >= 0.3 is 12.1 Å².